The zero-order valence-electron chi connectivity index (χ0n) is 15.6. The largest absolute Gasteiger partial charge is 0.524 e. The maximum absolute atomic E-state index is 11.4. The number of halogens is 2. The molecule has 5 saturated carbocycles. The van der Waals surface area contributed by atoms with Crippen LogP contribution in [0.2, 0.25) is 5.02 Å². The van der Waals surface area contributed by atoms with Crippen molar-refractivity contribution in [3.63, 3.8) is 0 Å². The fraction of sp³-hybridized carbons (Fsp3) is 0.684. The number of phosphoric ester groups is 1. The van der Waals surface area contributed by atoms with Gasteiger partial charge in [-0.2, -0.15) is 4.89 Å². The number of benzene rings is 1. The molecule has 1 saturated heterocycles. The summed E-state index contributed by atoms with van der Waals surface area (Å²) in [6.07, 6.45) is 4.01. The van der Waals surface area contributed by atoms with E-state index in [0.29, 0.717) is 23.3 Å². The lowest BCUT2D eigenvalue weighted by Crippen LogP contribution is -2.78. The molecule has 10 heteroatoms. The number of hydrogen-bond donors (Lipinski definition) is 2. The molecule has 8 atom stereocenters. The van der Waals surface area contributed by atoms with E-state index in [1.165, 1.54) is 12.1 Å². The Bertz CT molecular complexity index is 950. The predicted octanol–water partition coefficient (Wildman–Crippen LogP) is 3.98. The van der Waals surface area contributed by atoms with Gasteiger partial charge in [-0.25, -0.2) is 9.45 Å². The molecule has 1 aliphatic heterocycles. The highest BCUT2D eigenvalue weighted by Gasteiger charge is 2.84. The second-order valence-corrected chi connectivity index (χ2v) is 11.5. The van der Waals surface area contributed by atoms with Gasteiger partial charge in [0.1, 0.15) is 0 Å². The number of hydrogen-bond acceptors (Lipinski definition) is 5. The normalized spacial score (nSPS) is 49.1. The number of methoxy groups -OCH3 is 1. The van der Waals surface area contributed by atoms with Gasteiger partial charge >= 0.3 is 7.82 Å². The molecular formula is C19H21Cl2O7P. The third-order valence-corrected chi connectivity index (χ3v) is 9.49. The van der Waals surface area contributed by atoms with Gasteiger partial charge in [0, 0.05) is 23.5 Å². The summed E-state index contributed by atoms with van der Waals surface area (Å²) in [6, 6.07) is 4.73. The van der Waals surface area contributed by atoms with Gasteiger partial charge in [0.05, 0.1) is 5.02 Å². The van der Waals surface area contributed by atoms with Gasteiger partial charge in [-0.05, 0) is 61.5 Å². The van der Waals surface area contributed by atoms with Crippen molar-refractivity contribution in [2.24, 2.45) is 29.6 Å². The zero-order valence-corrected chi connectivity index (χ0v) is 18.0. The summed E-state index contributed by atoms with van der Waals surface area (Å²) in [5.74, 6) is 0.698. The molecule has 7 nitrogen and oxygen atoms in total. The van der Waals surface area contributed by atoms with Crippen molar-refractivity contribution >= 4 is 31.0 Å². The molecule has 0 amide bonds. The lowest BCUT2D eigenvalue weighted by atomic mass is 9.49. The van der Waals surface area contributed by atoms with Crippen LogP contribution in [0, 0.1) is 29.6 Å². The summed E-state index contributed by atoms with van der Waals surface area (Å²) < 4.78 is 22.1. The highest BCUT2D eigenvalue weighted by Crippen LogP contribution is 2.79. The number of rotatable bonds is 4. The van der Waals surface area contributed by atoms with Crippen LogP contribution in [0.25, 0.3) is 0 Å². The molecule has 29 heavy (non-hydrogen) atoms. The first kappa shape index (κ1) is 19.3. The van der Waals surface area contributed by atoms with Gasteiger partial charge in [-0.1, -0.05) is 17.7 Å². The fourth-order valence-electron chi connectivity index (χ4n) is 7.59. The Labute approximate surface area is 177 Å². The van der Waals surface area contributed by atoms with Crippen LogP contribution in [0.3, 0.4) is 0 Å². The summed E-state index contributed by atoms with van der Waals surface area (Å²) in [6.45, 7) is 0. The van der Waals surface area contributed by atoms with E-state index in [0.717, 1.165) is 25.7 Å². The first-order chi connectivity index (χ1) is 13.6. The van der Waals surface area contributed by atoms with Crippen LogP contribution in [-0.2, 0) is 24.9 Å². The minimum atomic E-state index is -4.77. The maximum atomic E-state index is 11.4. The average molecular weight is 463 g/mol. The number of alkyl halides is 1. The molecule has 8 unspecified atom stereocenters. The number of ether oxygens (including phenoxy) is 1. The number of phosphoric acid groups is 1. The molecule has 6 bridgehead atoms. The molecule has 1 spiro atoms. The molecule has 1 aromatic rings. The van der Waals surface area contributed by atoms with Gasteiger partial charge in [-0.15, -0.1) is 11.6 Å². The van der Waals surface area contributed by atoms with E-state index in [2.05, 4.69) is 0 Å². The Balaban J connectivity index is 1.45. The van der Waals surface area contributed by atoms with Gasteiger partial charge in [0.2, 0.25) is 0 Å². The van der Waals surface area contributed by atoms with Gasteiger partial charge in [0.25, 0.3) is 5.79 Å². The summed E-state index contributed by atoms with van der Waals surface area (Å²) >= 11 is 13.2. The summed E-state index contributed by atoms with van der Waals surface area (Å²) in [4.78, 5) is 29.9. The van der Waals surface area contributed by atoms with E-state index >= 15 is 0 Å². The van der Waals surface area contributed by atoms with Crippen molar-refractivity contribution < 1.29 is 33.4 Å². The highest BCUT2D eigenvalue weighted by molar-refractivity contribution is 7.46. The summed E-state index contributed by atoms with van der Waals surface area (Å²) in [5.41, 5.74) is -0.114. The van der Waals surface area contributed by atoms with Crippen LogP contribution in [-0.4, -0.2) is 27.4 Å². The fourth-order valence-corrected chi connectivity index (χ4v) is 8.90. The lowest BCUT2D eigenvalue weighted by Gasteiger charge is -2.68. The molecule has 1 heterocycles. The van der Waals surface area contributed by atoms with Crippen molar-refractivity contribution in [1.29, 1.82) is 0 Å². The van der Waals surface area contributed by atoms with E-state index in [9.17, 15) is 14.4 Å². The SMILES string of the molecule is COC1(c2ccc(Cl)c(OP(=O)(O)O)c2)OOC12C1CC3C4CC2C3C(Cl)(C4)C1. The molecule has 7 rings (SSSR count). The first-order valence-corrected chi connectivity index (χ1v) is 12.1. The summed E-state index contributed by atoms with van der Waals surface area (Å²) in [5, 5.41) is 0.0877. The molecule has 158 valence electrons. The van der Waals surface area contributed by atoms with Crippen LogP contribution < -0.4 is 4.52 Å². The van der Waals surface area contributed by atoms with E-state index in [-0.39, 0.29) is 27.5 Å². The van der Waals surface area contributed by atoms with Gasteiger partial charge < -0.3 is 9.26 Å². The third-order valence-electron chi connectivity index (χ3n) is 8.18. The van der Waals surface area contributed by atoms with E-state index in [1.54, 1.807) is 13.2 Å². The van der Waals surface area contributed by atoms with Crippen LogP contribution in [0.5, 0.6) is 5.75 Å². The Hall–Kier alpha value is -0.370. The Morgan fingerprint density at radius 1 is 1.24 bits per heavy atom. The second kappa shape index (κ2) is 5.70. The maximum Gasteiger partial charge on any atom is 0.524 e. The predicted molar refractivity (Wildman–Crippen MR) is 102 cm³/mol. The molecule has 1 aromatic carbocycles. The molecule has 6 fully saturated rings. The van der Waals surface area contributed by atoms with Crippen molar-refractivity contribution in [2.75, 3.05) is 7.11 Å². The first-order valence-electron chi connectivity index (χ1n) is 9.80. The van der Waals surface area contributed by atoms with Crippen molar-refractivity contribution in [3.05, 3.63) is 28.8 Å². The van der Waals surface area contributed by atoms with Gasteiger partial charge in [0.15, 0.2) is 11.4 Å². The van der Waals surface area contributed by atoms with Gasteiger partial charge in [-0.3, -0.25) is 9.79 Å². The minimum absolute atomic E-state index is 0.0877. The van der Waals surface area contributed by atoms with Crippen LogP contribution in [0.15, 0.2) is 18.2 Å². The second-order valence-electron chi connectivity index (χ2n) is 9.17. The van der Waals surface area contributed by atoms with E-state index in [4.69, 9.17) is 42.2 Å². The molecule has 6 aliphatic rings. The quantitative estimate of drug-likeness (QED) is 0.396. The molecule has 5 aliphatic carbocycles. The molecule has 0 aromatic heterocycles. The Morgan fingerprint density at radius 3 is 2.66 bits per heavy atom. The van der Waals surface area contributed by atoms with E-state index in [1.807, 2.05) is 0 Å². The standard InChI is InChI=1S/C19H21Cl2O7P/c1-25-19(10-2-3-14(20)15(6-10)26-29(22,23)24)18(27-28-19)11-5-12-9-4-13(18)16(12)17(21,7-9)8-11/h2-3,6,9,11-13,16H,4-5,7-8H2,1H3,(H2,22,23,24). The van der Waals surface area contributed by atoms with Crippen molar-refractivity contribution in [3.8, 4) is 5.75 Å². The van der Waals surface area contributed by atoms with Crippen molar-refractivity contribution in [1.82, 2.24) is 0 Å². The topological polar surface area (TPSA) is 94.5 Å². The highest BCUT2D eigenvalue weighted by atomic mass is 35.5. The van der Waals surface area contributed by atoms with Crippen molar-refractivity contribution in [2.45, 2.75) is 41.9 Å². The smallest absolute Gasteiger partial charge is 0.403 e. The molecule has 0 radical (unpaired) electrons. The van der Waals surface area contributed by atoms with E-state index < -0.39 is 19.2 Å². The minimum Gasteiger partial charge on any atom is -0.403 e. The lowest BCUT2D eigenvalue weighted by molar-refractivity contribution is -0.645. The molecule has 2 N–H and O–H groups in total. The zero-order chi connectivity index (χ0) is 20.4. The van der Waals surface area contributed by atoms with Crippen LogP contribution in [0.1, 0.15) is 31.2 Å². The summed E-state index contributed by atoms with van der Waals surface area (Å²) in [7, 11) is -3.21. The molecular weight excluding hydrogens is 442 g/mol. The Morgan fingerprint density at radius 2 is 2.03 bits per heavy atom. The van der Waals surface area contributed by atoms with Crippen LogP contribution >= 0.6 is 31.0 Å². The van der Waals surface area contributed by atoms with Crippen LogP contribution in [0.4, 0.5) is 0 Å². The Kier molecular flexibility index (Phi) is 3.80. The monoisotopic (exact) mass is 462 g/mol. The third kappa shape index (κ3) is 2.21. The average Bonchev–Trinajstić information content (AvgIpc) is 3.00.